The zero-order valence-electron chi connectivity index (χ0n) is 14.1. The van der Waals surface area contributed by atoms with Gasteiger partial charge in [-0.3, -0.25) is 0 Å². The first-order valence-electron chi connectivity index (χ1n) is 9.92. The molecule has 5 rings (SSSR count). The molecule has 0 aromatic heterocycles. The summed E-state index contributed by atoms with van der Waals surface area (Å²) >= 11 is 0. The normalized spacial score (nSPS) is 44.1. The van der Waals surface area contributed by atoms with Crippen LogP contribution in [0.2, 0.25) is 0 Å². The van der Waals surface area contributed by atoms with E-state index in [-0.39, 0.29) is 0 Å². The first-order chi connectivity index (χ1) is 10.2. The van der Waals surface area contributed by atoms with Crippen molar-refractivity contribution in [3.8, 4) is 0 Å². The lowest BCUT2D eigenvalue weighted by Gasteiger charge is -2.58. The van der Waals surface area contributed by atoms with Crippen LogP contribution in [0.25, 0.3) is 0 Å². The molecule has 120 valence electrons. The molecule has 1 N–H and O–H groups in total. The second kappa shape index (κ2) is 5.87. The molecule has 1 unspecified atom stereocenters. The lowest BCUT2D eigenvalue weighted by Crippen LogP contribution is -2.48. The fourth-order valence-electron chi connectivity index (χ4n) is 7.19. The van der Waals surface area contributed by atoms with Gasteiger partial charge >= 0.3 is 0 Å². The van der Waals surface area contributed by atoms with Crippen molar-refractivity contribution < 1.29 is 0 Å². The largest absolute Gasteiger partial charge is 0.317 e. The zero-order valence-corrected chi connectivity index (χ0v) is 14.1. The Morgan fingerprint density at radius 3 is 2.00 bits per heavy atom. The van der Waals surface area contributed by atoms with Crippen LogP contribution in [0, 0.1) is 29.1 Å². The molecule has 0 amide bonds. The first kappa shape index (κ1) is 14.5. The van der Waals surface area contributed by atoms with Gasteiger partial charge in [-0.25, -0.2) is 0 Å². The highest BCUT2D eigenvalue weighted by Gasteiger charge is 2.51. The molecule has 0 radical (unpaired) electrons. The number of hydrogen-bond donors (Lipinski definition) is 1. The summed E-state index contributed by atoms with van der Waals surface area (Å²) < 4.78 is 0. The zero-order chi connectivity index (χ0) is 14.3. The van der Waals surface area contributed by atoms with Gasteiger partial charge in [0, 0.05) is 6.04 Å². The molecule has 0 spiro atoms. The van der Waals surface area contributed by atoms with Gasteiger partial charge < -0.3 is 5.32 Å². The molecule has 0 aliphatic heterocycles. The maximum atomic E-state index is 3.72. The Morgan fingerprint density at radius 2 is 1.48 bits per heavy atom. The molecule has 1 atom stereocenters. The van der Waals surface area contributed by atoms with Crippen molar-refractivity contribution in [1.29, 1.82) is 0 Å². The van der Waals surface area contributed by atoms with Gasteiger partial charge in [0.15, 0.2) is 0 Å². The van der Waals surface area contributed by atoms with E-state index in [1.807, 2.05) is 0 Å². The summed E-state index contributed by atoms with van der Waals surface area (Å²) in [6.45, 7) is 0. The molecule has 5 saturated carbocycles. The third kappa shape index (κ3) is 3.05. The van der Waals surface area contributed by atoms with E-state index < -0.39 is 0 Å². The van der Waals surface area contributed by atoms with Crippen LogP contribution in [0.3, 0.4) is 0 Å². The molecule has 5 fully saturated rings. The van der Waals surface area contributed by atoms with Crippen molar-refractivity contribution in [2.24, 2.45) is 29.1 Å². The lowest BCUT2D eigenvalue weighted by molar-refractivity contribution is -0.0628. The van der Waals surface area contributed by atoms with E-state index >= 15 is 0 Å². The molecule has 1 nitrogen and oxygen atoms in total. The highest BCUT2D eigenvalue weighted by molar-refractivity contribution is 5.02. The maximum absolute atomic E-state index is 3.72. The summed E-state index contributed by atoms with van der Waals surface area (Å²) in [5.41, 5.74) is 0.761. The van der Waals surface area contributed by atoms with Crippen molar-refractivity contribution in [1.82, 2.24) is 5.32 Å². The molecular formula is C20H35N. The summed E-state index contributed by atoms with van der Waals surface area (Å²) in [7, 11) is 2.23. The first-order valence-corrected chi connectivity index (χ1v) is 9.92. The van der Waals surface area contributed by atoms with Crippen LogP contribution >= 0.6 is 0 Å². The molecule has 5 aliphatic rings. The highest BCUT2D eigenvalue weighted by atomic mass is 14.9. The third-order valence-corrected chi connectivity index (χ3v) is 7.60. The molecule has 0 aromatic carbocycles. The molecule has 21 heavy (non-hydrogen) atoms. The van der Waals surface area contributed by atoms with Crippen LogP contribution in [0.4, 0.5) is 0 Å². The Hall–Kier alpha value is -0.0400. The van der Waals surface area contributed by atoms with Crippen LogP contribution in [0.5, 0.6) is 0 Å². The Labute approximate surface area is 131 Å². The number of nitrogens with one attached hydrogen (secondary N) is 1. The fourth-order valence-corrected chi connectivity index (χ4v) is 7.19. The van der Waals surface area contributed by atoms with Crippen LogP contribution in [0.15, 0.2) is 0 Å². The van der Waals surface area contributed by atoms with Gasteiger partial charge in [0.25, 0.3) is 0 Å². The van der Waals surface area contributed by atoms with Crippen LogP contribution in [-0.2, 0) is 0 Å². The monoisotopic (exact) mass is 289 g/mol. The topological polar surface area (TPSA) is 12.0 Å². The Morgan fingerprint density at radius 1 is 0.905 bits per heavy atom. The third-order valence-electron chi connectivity index (χ3n) is 7.60. The Kier molecular flexibility index (Phi) is 4.07. The van der Waals surface area contributed by atoms with Crippen molar-refractivity contribution >= 4 is 0 Å². The number of hydrogen-bond acceptors (Lipinski definition) is 1. The van der Waals surface area contributed by atoms with Crippen LogP contribution in [-0.4, -0.2) is 13.1 Å². The maximum Gasteiger partial charge on any atom is 0.00719 e. The summed E-state index contributed by atoms with van der Waals surface area (Å²) in [5.74, 6) is 4.38. The quantitative estimate of drug-likeness (QED) is 0.738. The van der Waals surface area contributed by atoms with Gasteiger partial charge in [-0.05, 0) is 87.5 Å². The second-order valence-electron chi connectivity index (χ2n) is 9.35. The molecule has 0 heterocycles. The molecule has 1 heteroatoms. The van der Waals surface area contributed by atoms with E-state index in [2.05, 4.69) is 12.4 Å². The van der Waals surface area contributed by atoms with E-state index in [0.717, 1.165) is 35.1 Å². The van der Waals surface area contributed by atoms with Crippen molar-refractivity contribution in [2.75, 3.05) is 7.05 Å². The minimum absolute atomic E-state index is 0.761. The molecule has 0 aromatic rings. The van der Waals surface area contributed by atoms with Crippen molar-refractivity contribution in [3.05, 3.63) is 0 Å². The minimum Gasteiger partial charge on any atom is -0.317 e. The van der Waals surface area contributed by atoms with Gasteiger partial charge in [-0.2, -0.15) is 0 Å². The van der Waals surface area contributed by atoms with Gasteiger partial charge in [-0.1, -0.05) is 32.1 Å². The Balaban J connectivity index is 1.39. The van der Waals surface area contributed by atoms with E-state index in [0.29, 0.717) is 0 Å². The predicted octanol–water partition coefficient (Wildman–Crippen LogP) is 5.15. The molecule has 5 aliphatic carbocycles. The standard InChI is InChI=1S/C20H35N/c1-21-19(10-15-5-3-2-4-6-15)14-20-11-16-7-17(12-20)9-18(8-16)13-20/h15-19,21H,2-14H2,1H3. The lowest BCUT2D eigenvalue weighted by atomic mass is 9.48. The van der Waals surface area contributed by atoms with Gasteiger partial charge in [0.05, 0.1) is 0 Å². The minimum atomic E-state index is 0.761. The predicted molar refractivity (Wildman–Crippen MR) is 89.3 cm³/mol. The summed E-state index contributed by atoms with van der Waals surface area (Å²) in [4.78, 5) is 0. The molecule has 4 bridgehead atoms. The van der Waals surface area contributed by atoms with Crippen molar-refractivity contribution in [2.45, 2.75) is 89.5 Å². The van der Waals surface area contributed by atoms with Gasteiger partial charge in [0.2, 0.25) is 0 Å². The molecular weight excluding hydrogens is 254 g/mol. The van der Waals surface area contributed by atoms with E-state index in [1.54, 1.807) is 38.5 Å². The molecule has 0 saturated heterocycles. The SMILES string of the molecule is CNC(CC1CCCCC1)CC12CC3CC(CC(C3)C1)C2. The van der Waals surface area contributed by atoms with Gasteiger partial charge in [-0.15, -0.1) is 0 Å². The highest BCUT2D eigenvalue weighted by Crippen LogP contribution is 2.61. The second-order valence-corrected chi connectivity index (χ2v) is 9.35. The van der Waals surface area contributed by atoms with Crippen LogP contribution in [0.1, 0.15) is 83.5 Å². The fraction of sp³-hybridized carbons (Fsp3) is 1.00. The smallest absolute Gasteiger partial charge is 0.00719 e. The van der Waals surface area contributed by atoms with Gasteiger partial charge in [0.1, 0.15) is 0 Å². The van der Waals surface area contributed by atoms with E-state index in [1.165, 1.54) is 44.9 Å². The Bertz CT molecular complexity index is 320. The number of rotatable bonds is 5. The van der Waals surface area contributed by atoms with E-state index in [4.69, 9.17) is 0 Å². The summed E-state index contributed by atoms with van der Waals surface area (Å²) in [5, 5.41) is 3.72. The average Bonchev–Trinajstić information content (AvgIpc) is 2.46. The van der Waals surface area contributed by atoms with E-state index in [9.17, 15) is 0 Å². The summed E-state index contributed by atoms with van der Waals surface area (Å²) in [6, 6.07) is 0.810. The van der Waals surface area contributed by atoms with Crippen LogP contribution < -0.4 is 5.32 Å². The summed E-state index contributed by atoms with van der Waals surface area (Å²) in [6.07, 6.45) is 20.0. The average molecular weight is 290 g/mol. The van der Waals surface area contributed by atoms with Crippen molar-refractivity contribution in [3.63, 3.8) is 0 Å².